The number of rotatable bonds is 19. The summed E-state index contributed by atoms with van der Waals surface area (Å²) in [5.41, 5.74) is 2.29. The van der Waals surface area contributed by atoms with Crippen molar-refractivity contribution in [2.24, 2.45) is 46.3 Å². The highest BCUT2D eigenvalue weighted by molar-refractivity contribution is 5.75. The molecule has 0 bridgehead atoms. The molecule has 0 heterocycles. The van der Waals surface area contributed by atoms with Crippen molar-refractivity contribution in [2.75, 3.05) is 25.0 Å². The normalized spacial score (nSPS) is 30.1. The number of non-ortho nitro benzene ring substituents is 1. The monoisotopic (exact) mass is 722 g/mol. The molecule has 3 saturated carbocycles. The van der Waals surface area contributed by atoms with E-state index in [1.54, 1.807) is 5.57 Å². The van der Waals surface area contributed by atoms with Crippen molar-refractivity contribution in [1.29, 1.82) is 0 Å². The highest BCUT2D eigenvalue weighted by atomic mass is 16.6. The number of nitro benzene ring substituents is 2. The van der Waals surface area contributed by atoms with Gasteiger partial charge in [0.05, 0.1) is 15.9 Å². The van der Waals surface area contributed by atoms with Crippen molar-refractivity contribution in [3.8, 4) is 0 Å². The molecule has 0 aromatic heterocycles. The lowest BCUT2D eigenvalue weighted by Gasteiger charge is -2.58. The van der Waals surface area contributed by atoms with E-state index in [0.717, 1.165) is 73.8 Å². The molecule has 3 N–H and O–H groups in total. The summed E-state index contributed by atoms with van der Waals surface area (Å²) in [7, 11) is 0. The molecule has 0 spiro atoms. The number of hydrogen-bond donors (Lipinski definition) is 3. The van der Waals surface area contributed by atoms with Gasteiger partial charge in [0.15, 0.2) is 0 Å². The van der Waals surface area contributed by atoms with Gasteiger partial charge in [-0.1, -0.05) is 72.0 Å². The molecule has 1 aromatic rings. The first-order valence-electron chi connectivity index (χ1n) is 20.7. The van der Waals surface area contributed by atoms with Crippen LogP contribution in [0.1, 0.15) is 137 Å². The van der Waals surface area contributed by atoms with E-state index in [9.17, 15) is 25.0 Å². The third kappa shape index (κ3) is 9.37. The van der Waals surface area contributed by atoms with E-state index in [2.05, 4.69) is 56.6 Å². The van der Waals surface area contributed by atoms with Crippen LogP contribution in [0, 0.1) is 66.6 Å². The molecule has 8 atom stereocenters. The van der Waals surface area contributed by atoms with Crippen molar-refractivity contribution < 1.29 is 14.6 Å². The number of anilines is 1. The second-order valence-electron chi connectivity index (χ2n) is 17.8. The number of fused-ring (bicyclic) bond motifs is 5. The number of nitro groups is 2. The Hall–Kier alpha value is -3.01. The van der Waals surface area contributed by atoms with E-state index in [4.69, 9.17) is 0 Å². The second kappa shape index (κ2) is 17.9. The quantitative estimate of drug-likeness (QED) is 0.0559. The van der Waals surface area contributed by atoms with Crippen molar-refractivity contribution in [1.82, 2.24) is 10.6 Å². The van der Waals surface area contributed by atoms with E-state index < -0.39 is 9.85 Å². The number of amides is 1. The molecular weight excluding hydrogens is 654 g/mol. The van der Waals surface area contributed by atoms with Crippen LogP contribution in [0.25, 0.3) is 0 Å². The minimum Gasteiger partial charge on any atom is -0.379 e. The molecule has 1 amide bonds. The number of unbranched alkanes of at least 4 members (excludes halogenated alkanes) is 2. The molecule has 0 saturated heterocycles. The van der Waals surface area contributed by atoms with Gasteiger partial charge < -0.3 is 16.0 Å². The first kappa shape index (κ1) is 40.2. The number of benzene rings is 1. The predicted molar refractivity (Wildman–Crippen MR) is 209 cm³/mol. The number of hydrogen-bond acceptors (Lipinski definition) is 7. The first-order valence-corrected chi connectivity index (χ1v) is 20.7. The maximum atomic E-state index is 12.4. The van der Waals surface area contributed by atoms with Gasteiger partial charge >= 0.3 is 0 Å². The Labute approximate surface area is 312 Å². The van der Waals surface area contributed by atoms with Crippen LogP contribution in [0.4, 0.5) is 17.1 Å². The zero-order chi connectivity index (χ0) is 37.5. The van der Waals surface area contributed by atoms with Crippen molar-refractivity contribution in [3.05, 3.63) is 50.1 Å². The summed E-state index contributed by atoms with van der Waals surface area (Å²) < 4.78 is 0. The van der Waals surface area contributed by atoms with Gasteiger partial charge in [0.2, 0.25) is 5.91 Å². The molecule has 5 rings (SSSR count). The lowest BCUT2D eigenvalue weighted by molar-refractivity contribution is -0.393. The number of allylic oxidation sites excluding steroid dienone is 1. The van der Waals surface area contributed by atoms with Gasteiger partial charge in [-0.3, -0.25) is 25.0 Å². The molecular formula is C42H67N5O5. The molecule has 3 fully saturated rings. The Kier molecular flexibility index (Phi) is 13.8. The first-order chi connectivity index (χ1) is 24.8. The minimum atomic E-state index is -0.644. The summed E-state index contributed by atoms with van der Waals surface area (Å²) >= 11 is 0. The van der Waals surface area contributed by atoms with Crippen molar-refractivity contribution in [3.63, 3.8) is 0 Å². The van der Waals surface area contributed by atoms with Crippen LogP contribution in [0.5, 0.6) is 0 Å². The maximum Gasteiger partial charge on any atom is 0.299 e. The SMILES string of the molecule is CC(C)CCCC(C)[C@H]1CCC2C3CC=C4C[C@@H](NCCCNC(=O)CCCCCNc5ccc([N+](=O)[O-])cc5[N+](=O)[O-])CC[C@]4(C)C3CC[C@@]21C. The fourth-order valence-corrected chi connectivity index (χ4v) is 11.3. The molecule has 4 aliphatic carbocycles. The summed E-state index contributed by atoms with van der Waals surface area (Å²) in [6, 6.07) is 4.13. The van der Waals surface area contributed by atoms with Crippen LogP contribution < -0.4 is 16.0 Å². The van der Waals surface area contributed by atoms with Crippen molar-refractivity contribution in [2.45, 2.75) is 143 Å². The predicted octanol–water partition coefficient (Wildman–Crippen LogP) is 9.98. The fourth-order valence-electron chi connectivity index (χ4n) is 11.3. The molecule has 52 heavy (non-hydrogen) atoms. The summed E-state index contributed by atoms with van der Waals surface area (Å²) in [6.07, 6.45) is 21.3. The van der Waals surface area contributed by atoms with Gasteiger partial charge in [0, 0.05) is 31.6 Å². The molecule has 290 valence electrons. The Balaban J connectivity index is 0.965. The third-order valence-corrected chi connectivity index (χ3v) is 14.2. The van der Waals surface area contributed by atoms with Crippen molar-refractivity contribution >= 4 is 23.0 Å². The van der Waals surface area contributed by atoms with Gasteiger partial charge in [-0.15, -0.1) is 0 Å². The van der Waals surface area contributed by atoms with Gasteiger partial charge in [0.1, 0.15) is 5.69 Å². The van der Waals surface area contributed by atoms with Gasteiger partial charge in [-0.25, -0.2) is 0 Å². The van der Waals surface area contributed by atoms with Crippen LogP contribution in [0.15, 0.2) is 29.8 Å². The average Bonchev–Trinajstić information content (AvgIpc) is 3.46. The summed E-state index contributed by atoms with van der Waals surface area (Å²) in [5.74, 6) is 5.28. The highest BCUT2D eigenvalue weighted by Gasteiger charge is 2.59. The van der Waals surface area contributed by atoms with Gasteiger partial charge in [-0.05, 0) is 130 Å². The Morgan fingerprint density at radius 3 is 2.44 bits per heavy atom. The molecule has 10 nitrogen and oxygen atoms in total. The molecule has 0 radical (unpaired) electrons. The van der Waals surface area contributed by atoms with Crippen LogP contribution in [0.3, 0.4) is 0 Å². The lowest BCUT2D eigenvalue weighted by Crippen LogP contribution is -2.51. The van der Waals surface area contributed by atoms with Crippen LogP contribution in [-0.2, 0) is 4.79 Å². The second-order valence-corrected chi connectivity index (χ2v) is 17.8. The molecule has 0 aliphatic heterocycles. The minimum absolute atomic E-state index is 0.0621. The van der Waals surface area contributed by atoms with E-state index in [1.807, 2.05) is 0 Å². The molecule has 4 aliphatic rings. The molecule has 4 unspecified atom stereocenters. The van der Waals surface area contributed by atoms with E-state index in [1.165, 1.54) is 82.8 Å². The average molecular weight is 722 g/mol. The third-order valence-electron chi connectivity index (χ3n) is 14.2. The maximum absolute atomic E-state index is 12.4. The van der Waals surface area contributed by atoms with Gasteiger partial charge in [-0.2, -0.15) is 0 Å². The van der Waals surface area contributed by atoms with E-state index in [0.29, 0.717) is 36.4 Å². The summed E-state index contributed by atoms with van der Waals surface area (Å²) in [5, 5.41) is 32.1. The number of carbonyl (C=O) groups excluding carboxylic acids is 1. The Morgan fingerprint density at radius 2 is 1.69 bits per heavy atom. The Morgan fingerprint density at radius 1 is 0.885 bits per heavy atom. The van der Waals surface area contributed by atoms with Crippen LogP contribution >= 0.6 is 0 Å². The molecule has 1 aromatic carbocycles. The van der Waals surface area contributed by atoms with E-state index >= 15 is 0 Å². The molecule has 10 heteroatoms. The Bertz CT molecular complexity index is 1430. The number of nitrogens with one attached hydrogen (secondary N) is 3. The van der Waals surface area contributed by atoms with E-state index in [-0.39, 0.29) is 23.0 Å². The van der Waals surface area contributed by atoms with Crippen LogP contribution in [0.2, 0.25) is 0 Å². The number of nitrogens with zero attached hydrogens (tertiary/aromatic N) is 2. The number of carbonyl (C=O) groups is 1. The highest BCUT2D eigenvalue weighted by Crippen LogP contribution is 2.67. The standard InChI is InChI=1S/C42H67N5O5/c1-29(2)11-9-12-30(3)35-17-18-36-34-16-14-31-27-32(20-22-41(31,4)37(34)21-23-42(35,36)5)43-25-10-26-45-40(48)13-7-6-8-24-44-38-19-15-33(46(49)50)28-39(38)47(51)52/h14-15,19,28-30,32,34-37,43-44H,6-13,16-18,20-27H2,1-5H3,(H,45,48)/t30?,32-,34?,35+,36?,37?,41-,42+/m0/s1. The lowest BCUT2D eigenvalue weighted by atomic mass is 9.47. The zero-order valence-corrected chi connectivity index (χ0v) is 32.7. The smallest absolute Gasteiger partial charge is 0.299 e. The van der Waals surface area contributed by atoms with Gasteiger partial charge in [0.25, 0.3) is 11.4 Å². The fraction of sp³-hybridized carbons (Fsp3) is 0.786. The zero-order valence-electron chi connectivity index (χ0n) is 32.7. The van der Waals surface area contributed by atoms with Crippen LogP contribution in [-0.4, -0.2) is 41.4 Å². The largest absolute Gasteiger partial charge is 0.379 e. The summed E-state index contributed by atoms with van der Waals surface area (Å²) in [4.78, 5) is 33.4. The summed E-state index contributed by atoms with van der Waals surface area (Å²) in [6.45, 7) is 14.7. The topological polar surface area (TPSA) is 139 Å².